The molecule has 0 unspecified atom stereocenters. The number of aromatic nitrogens is 2. The maximum absolute atomic E-state index is 11.7. The second-order valence-corrected chi connectivity index (χ2v) is 4.54. The lowest BCUT2D eigenvalue weighted by Crippen LogP contribution is -2.35. The Labute approximate surface area is 98.9 Å². The third-order valence-electron chi connectivity index (χ3n) is 3.73. The van der Waals surface area contributed by atoms with E-state index in [2.05, 4.69) is 4.98 Å². The average molecular weight is 232 g/mol. The maximum Gasteiger partial charge on any atom is 0.316 e. The smallest absolute Gasteiger partial charge is 0.316 e. The molecule has 2 aromatic rings. The minimum atomic E-state index is -0.564. The van der Waals surface area contributed by atoms with Crippen LogP contribution in [0.3, 0.4) is 0 Å². The van der Waals surface area contributed by atoms with Crippen molar-refractivity contribution in [3.63, 3.8) is 0 Å². The number of hydrogen-bond acceptors (Lipinski definition) is 2. The van der Waals surface area contributed by atoms with E-state index >= 15 is 0 Å². The highest BCUT2D eigenvalue weighted by Crippen LogP contribution is 2.25. The normalized spacial score (nSPS) is 11.1. The van der Waals surface area contributed by atoms with Crippen LogP contribution in [0, 0.1) is 27.7 Å². The van der Waals surface area contributed by atoms with Crippen LogP contribution in [0.25, 0.3) is 11.0 Å². The van der Waals surface area contributed by atoms with Gasteiger partial charge in [-0.05, 0) is 49.9 Å². The van der Waals surface area contributed by atoms with Crippen LogP contribution in [0.15, 0.2) is 9.59 Å². The Morgan fingerprint density at radius 2 is 1.41 bits per heavy atom. The van der Waals surface area contributed by atoms with Gasteiger partial charge in [-0.1, -0.05) is 0 Å². The van der Waals surface area contributed by atoms with Gasteiger partial charge in [0.05, 0.1) is 11.0 Å². The Bertz CT molecular complexity index is 736. The van der Waals surface area contributed by atoms with E-state index in [4.69, 9.17) is 0 Å². The lowest BCUT2D eigenvalue weighted by Gasteiger charge is -2.15. The molecule has 0 saturated heterocycles. The molecule has 0 spiro atoms. The van der Waals surface area contributed by atoms with Crippen molar-refractivity contribution in [2.75, 3.05) is 0 Å². The first kappa shape index (κ1) is 11.6. The van der Waals surface area contributed by atoms with Gasteiger partial charge in [0.2, 0.25) is 0 Å². The van der Waals surface area contributed by atoms with Crippen molar-refractivity contribution in [3.05, 3.63) is 43.0 Å². The van der Waals surface area contributed by atoms with Gasteiger partial charge in [-0.3, -0.25) is 9.59 Å². The quantitative estimate of drug-likeness (QED) is 0.699. The summed E-state index contributed by atoms with van der Waals surface area (Å²) in [6.07, 6.45) is 0. The van der Waals surface area contributed by atoms with Gasteiger partial charge in [-0.25, -0.2) is 0 Å². The van der Waals surface area contributed by atoms with Crippen molar-refractivity contribution >= 4 is 11.0 Å². The zero-order chi connectivity index (χ0) is 12.9. The van der Waals surface area contributed by atoms with Crippen molar-refractivity contribution in [2.24, 2.45) is 7.05 Å². The van der Waals surface area contributed by atoms with Crippen molar-refractivity contribution in [2.45, 2.75) is 27.7 Å². The zero-order valence-corrected chi connectivity index (χ0v) is 10.8. The van der Waals surface area contributed by atoms with Crippen LogP contribution >= 0.6 is 0 Å². The Kier molecular flexibility index (Phi) is 2.45. The van der Waals surface area contributed by atoms with E-state index < -0.39 is 11.1 Å². The summed E-state index contributed by atoms with van der Waals surface area (Å²) < 4.78 is 1.43. The molecule has 1 aromatic heterocycles. The number of nitrogens with one attached hydrogen (secondary N) is 1. The first-order valence-corrected chi connectivity index (χ1v) is 5.55. The molecule has 90 valence electrons. The molecule has 0 bridgehead atoms. The molecule has 0 aliphatic carbocycles. The number of rotatable bonds is 0. The third kappa shape index (κ3) is 1.44. The summed E-state index contributed by atoms with van der Waals surface area (Å²) in [6, 6.07) is 0. The summed E-state index contributed by atoms with van der Waals surface area (Å²) in [6.45, 7) is 8.00. The minimum Gasteiger partial charge on any atom is -0.316 e. The molecular weight excluding hydrogens is 216 g/mol. The van der Waals surface area contributed by atoms with Crippen LogP contribution in [0.2, 0.25) is 0 Å². The molecule has 0 aliphatic heterocycles. The molecule has 0 amide bonds. The van der Waals surface area contributed by atoms with Crippen LogP contribution in [0.5, 0.6) is 0 Å². The number of aryl methyl sites for hydroxylation is 3. The molecule has 2 rings (SSSR count). The molecule has 4 heteroatoms. The monoisotopic (exact) mass is 232 g/mol. The fraction of sp³-hybridized carbons (Fsp3) is 0.385. The molecule has 1 aromatic carbocycles. The Morgan fingerprint density at radius 1 is 0.882 bits per heavy atom. The van der Waals surface area contributed by atoms with Crippen LogP contribution in [0.4, 0.5) is 0 Å². The van der Waals surface area contributed by atoms with Gasteiger partial charge in [0.15, 0.2) is 0 Å². The molecule has 4 nitrogen and oxygen atoms in total. The molecule has 0 aliphatic rings. The van der Waals surface area contributed by atoms with Gasteiger partial charge in [0, 0.05) is 7.05 Å². The summed E-state index contributed by atoms with van der Waals surface area (Å²) in [5, 5.41) is 0. The van der Waals surface area contributed by atoms with E-state index in [0.717, 1.165) is 33.3 Å². The molecule has 0 radical (unpaired) electrons. The van der Waals surface area contributed by atoms with E-state index in [1.807, 2.05) is 27.7 Å². The molecule has 17 heavy (non-hydrogen) atoms. The second kappa shape index (κ2) is 3.58. The first-order valence-electron chi connectivity index (χ1n) is 5.55. The highest BCUT2D eigenvalue weighted by atomic mass is 16.2. The van der Waals surface area contributed by atoms with Gasteiger partial charge in [0.1, 0.15) is 0 Å². The molecule has 0 fully saturated rings. The molecule has 0 atom stereocenters. The van der Waals surface area contributed by atoms with E-state index in [1.165, 1.54) is 4.57 Å². The van der Waals surface area contributed by atoms with Crippen molar-refractivity contribution in [1.82, 2.24) is 9.55 Å². The number of benzene rings is 1. The summed E-state index contributed by atoms with van der Waals surface area (Å²) in [4.78, 5) is 25.9. The van der Waals surface area contributed by atoms with Crippen LogP contribution < -0.4 is 11.1 Å². The number of aromatic amines is 1. The first-order chi connectivity index (χ1) is 7.86. The van der Waals surface area contributed by atoms with E-state index in [9.17, 15) is 9.59 Å². The largest absolute Gasteiger partial charge is 0.316 e. The number of hydrogen-bond donors (Lipinski definition) is 1. The van der Waals surface area contributed by atoms with Crippen molar-refractivity contribution < 1.29 is 0 Å². The van der Waals surface area contributed by atoms with Crippen LogP contribution in [-0.4, -0.2) is 9.55 Å². The third-order valence-corrected chi connectivity index (χ3v) is 3.73. The van der Waals surface area contributed by atoms with Crippen LogP contribution in [0.1, 0.15) is 22.3 Å². The predicted octanol–water partition coefficient (Wildman–Crippen LogP) is 1.46. The zero-order valence-electron chi connectivity index (χ0n) is 10.8. The van der Waals surface area contributed by atoms with Gasteiger partial charge in [-0.15, -0.1) is 0 Å². The van der Waals surface area contributed by atoms with Gasteiger partial charge in [-0.2, -0.15) is 0 Å². The Morgan fingerprint density at radius 3 is 2.00 bits per heavy atom. The average Bonchev–Trinajstić information content (AvgIpc) is 2.30. The molecular formula is C13H16N2O2. The predicted molar refractivity (Wildman–Crippen MR) is 68.8 cm³/mol. The van der Waals surface area contributed by atoms with Gasteiger partial charge < -0.3 is 9.55 Å². The summed E-state index contributed by atoms with van der Waals surface area (Å²) in [7, 11) is 1.64. The maximum atomic E-state index is 11.7. The number of nitrogens with zero attached hydrogens (tertiary/aromatic N) is 1. The molecule has 0 saturated carbocycles. The number of H-pyrrole nitrogens is 1. The van der Waals surface area contributed by atoms with Crippen molar-refractivity contribution in [3.8, 4) is 0 Å². The Balaban J connectivity index is 3.24. The Hall–Kier alpha value is -1.84. The lowest BCUT2D eigenvalue weighted by atomic mass is 9.97. The lowest BCUT2D eigenvalue weighted by molar-refractivity contribution is 0.866. The summed E-state index contributed by atoms with van der Waals surface area (Å²) in [5.74, 6) is 0. The summed E-state index contributed by atoms with van der Waals surface area (Å²) in [5.41, 5.74) is 4.89. The van der Waals surface area contributed by atoms with Gasteiger partial charge in [0.25, 0.3) is 0 Å². The van der Waals surface area contributed by atoms with E-state index in [1.54, 1.807) is 7.05 Å². The highest BCUT2D eigenvalue weighted by Gasteiger charge is 2.13. The standard InChI is InChI=1S/C13H16N2O2/c1-6-7(2)9(4)11-10(8(6)3)14-12(16)13(17)15(11)5/h1-5H3,(H,14,16). The van der Waals surface area contributed by atoms with E-state index in [-0.39, 0.29) is 0 Å². The molecule has 1 N–H and O–H groups in total. The topological polar surface area (TPSA) is 54.9 Å². The highest BCUT2D eigenvalue weighted by molar-refractivity contribution is 5.84. The van der Waals surface area contributed by atoms with Crippen LogP contribution in [-0.2, 0) is 7.05 Å². The van der Waals surface area contributed by atoms with Crippen molar-refractivity contribution in [1.29, 1.82) is 0 Å². The summed E-state index contributed by atoms with van der Waals surface area (Å²) >= 11 is 0. The SMILES string of the molecule is Cc1c(C)c(C)c2c([nH]c(=O)c(=O)n2C)c1C. The fourth-order valence-electron chi connectivity index (χ4n) is 2.29. The van der Waals surface area contributed by atoms with E-state index in [0.29, 0.717) is 0 Å². The second-order valence-electron chi connectivity index (χ2n) is 4.54. The molecule has 1 heterocycles. The fourth-order valence-corrected chi connectivity index (χ4v) is 2.29. The minimum absolute atomic E-state index is 0.511. The number of fused-ring (bicyclic) bond motifs is 1. The van der Waals surface area contributed by atoms with Gasteiger partial charge >= 0.3 is 11.1 Å².